The molecule has 4 nitrogen and oxygen atoms in total. The van der Waals surface area contributed by atoms with Crippen molar-refractivity contribution in [2.75, 3.05) is 6.61 Å². The van der Waals surface area contributed by atoms with E-state index in [0.717, 1.165) is 44.4 Å². The molecule has 0 N–H and O–H groups in total. The maximum atomic E-state index is 11.7. The van der Waals surface area contributed by atoms with Gasteiger partial charge in [-0.2, -0.15) is 0 Å². The van der Waals surface area contributed by atoms with Gasteiger partial charge in [0.2, 0.25) is 0 Å². The molecule has 22 heavy (non-hydrogen) atoms. The first-order valence-corrected chi connectivity index (χ1v) is 8.97. The highest BCUT2D eigenvalue weighted by Crippen LogP contribution is 2.25. The van der Waals surface area contributed by atoms with E-state index in [1.807, 2.05) is 0 Å². The average molecular weight is 312 g/mol. The highest BCUT2D eigenvalue weighted by Gasteiger charge is 2.21. The van der Waals surface area contributed by atoms with E-state index in [-0.39, 0.29) is 30.9 Å². The van der Waals surface area contributed by atoms with Crippen LogP contribution < -0.4 is 0 Å². The van der Waals surface area contributed by atoms with Crippen LogP contribution in [0.3, 0.4) is 0 Å². The van der Waals surface area contributed by atoms with E-state index >= 15 is 0 Å². The summed E-state index contributed by atoms with van der Waals surface area (Å²) < 4.78 is 10.5. The standard InChI is InChI=1S/C18H32O4/c1-3-4-5-6-7-14-21-17(19)12-13-18(20)22-16-10-8-15(2)9-11-16/h15-16H,3-14H2,1-2H3. The minimum atomic E-state index is -0.287. The molecular formula is C18H32O4. The van der Waals surface area contributed by atoms with Gasteiger partial charge in [-0.05, 0) is 38.0 Å². The van der Waals surface area contributed by atoms with Gasteiger partial charge in [-0.3, -0.25) is 9.59 Å². The summed E-state index contributed by atoms with van der Waals surface area (Å²) >= 11 is 0. The molecule has 0 amide bonds. The molecule has 128 valence electrons. The molecule has 0 aromatic carbocycles. The van der Waals surface area contributed by atoms with Crippen molar-refractivity contribution in [2.24, 2.45) is 5.92 Å². The second-order valence-electron chi connectivity index (χ2n) is 6.51. The van der Waals surface area contributed by atoms with Crippen LogP contribution >= 0.6 is 0 Å². The van der Waals surface area contributed by atoms with Gasteiger partial charge >= 0.3 is 11.9 Å². The van der Waals surface area contributed by atoms with Crippen LogP contribution in [-0.4, -0.2) is 24.6 Å². The lowest BCUT2D eigenvalue weighted by molar-refractivity contribution is -0.155. The minimum Gasteiger partial charge on any atom is -0.466 e. The van der Waals surface area contributed by atoms with Gasteiger partial charge in [-0.25, -0.2) is 0 Å². The molecule has 0 heterocycles. The highest BCUT2D eigenvalue weighted by atomic mass is 16.5. The van der Waals surface area contributed by atoms with Crippen molar-refractivity contribution in [3.8, 4) is 0 Å². The van der Waals surface area contributed by atoms with Crippen LogP contribution in [0.1, 0.15) is 84.5 Å². The van der Waals surface area contributed by atoms with Gasteiger partial charge in [0.15, 0.2) is 0 Å². The van der Waals surface area contributed by atoms with Crippen LogP contribution in [-0.2, 0) is 19.1 Å². The number of carbonyl (C=O) groups excluding carboxylic acids is 2. The first-order valence-electron chi connectivity index (χ1n) is 8.97. The fourth-order valence-electron chi connectivity index (χ4n) is 2.76. The van der Waals surface area contributed by atoms with Crippen molar-refractivity contribution < 1.29 is 19.1 Å². The largest absolute Gasteiger partial charge is 0.466 e. The van der Waals surface area contributed by atoms with Crippen molar-refractivity contribution >= 4 is 11.9 Å². The Kier molecular flexibility index (Phi) is 9.93. The molecule has 1 aliphatic carbocycles. The number of esters is 2. The van der Waals surface area contributed by atoms with E-state index in [1.54, 1.807) is 0 Å². The van der Waals surface area contributed by atoms with Gasteiger partial charge in [0, 0.05) is 0 Å². The lowest BCUT2D eigenvalue weighted by Gasteiger charge is -2.25. The number of carbonyl (C=O) groups is 2. The third kappa shape index (κ3) is 9.06. The predicted octanol–water partition coefficient (Wildman–Crippen LogP) is 4.40. The number of hydrogen-bond donors (Lipinski definition) is 0. The fourth-order valence-corrected chi connectivity index (χ4v) is 2.76. The van der Waals surface area contributed by atoms with Gasteiger partial charge in [0.05, 0.1) is 19.4 Å². The number of unbranched alkanes of at least 4 members (excludes halogenated alkanes) is 4. The molecule has 4 heteroatoms. The molecule has 0 saturated heterocycles. The topological polar surface area (TPSA) is 52.6 Å². The molecule has 0 aromatic heterocycles. The van der Waals surface area contributed by atoms with E-state index in [1.165, 1.54) is 19.3 Å². The molecule has 1 fully saturated rings. The Morgan fingerprint density at radius 1 is 0.909 bits per heavy atom. The van der Waals surface area contributed by atoms with Crippen LogP contribution in [0.15, 0.2) is 0 Å². The SMILES string of the molecule is CCCCCCCOC(=O)CCC(=O)OC1CCC(C)CC1. The highest BCUT2D eigenvalue weighted by molar-refractivity contribution is 5.77. The molecule has 1 saturated carbocycles. The molecular weight excluding hydrogens is 280 g/mol. The second kappa shape index (κ2) is 11.5. The first kappa shape index (κ1) is 19.0. The Bertz CT molecular complexity index is 319. The van der Waals surface area contributed by atoms with E-state index in [4.69, 9.17) is 9.47 Å². The summed E-state index contributed by atoms with van der Waals surface area (Å²) in [4.78, 5) is 23.3. The predicted molar refractivity (Wildman–Crippen MR) is 86.5 cm³/mol. The second-order valence-corrected chi connectivity index (χ2v) is 6.51. The summed E-state index contributed by atoms with van der Waals surface area (Å²) in [6.45, 7) is 4.88. The van der Waals surface area contributed by atoms with Crippen molar-refractivity contribution in [1.82, 2.24) is 0 Å². The summed E-state index contributed by atoms with van der Waals surface area (Å²) in [6.07, 6.45) is 10.1. The third-order valence-electron chi connectivity index (χ3n) is 4.31. The van der Waals surface area contributed by atoms with Crippen LogP contribution in [0, 0.1) is 5.92 Å². The number of ether oxygens (including phenoxy) is 2. The van der Waals surface area contributed by atoms with Gasteiger partial charge in [-0.1, -0.05) is 39.5 Å². The van der Waals surface area contributed by atoms with E-state index < -0.39 is 0 Å². The van der Waals surface area contributed by atoms with E-state index in [9.17, 15) is 9.59 Å². The van der Waals surface area contributed by atoms with Crippen molar-refractivity contribution in [2.45, 2.75) is 90.6 Å². The maximum Gasteiger partial charge on any atom is 0.306 e. The van der Waals surface area contributed by atoms with Crippen molar-refractivity contribution in [3.05, 3.63) is 0 Å². The minimum absolute atomic E-state index is 0.0540. The summed E-state index contributed by atoms with van der Waals surface area (Å²) in [5.41, 5.74) is 0. The summed E-state index contributed by atoms with van der Waals surface area (Å²) in [7, 11) is 0. The summed E-state index contributed by atoms with van der Waals surface area (Å²) in [6, 6.07) is 0. The van der Waals surface area contributed by atoms with Crippen LogP contribution in [0.4, 0.5) is 0 Å². The lowest BCUT2D eigenvalue weighted by Crippen LogP contribution is -2.24. The van der Waals surface area contributed by atoms with Gasteiger partial charge in [0.1, 0.15) is 6.10 Å². The monoisotopic (exact) mass is 312 g/mol. The van der Waals surface area contributed by atoms with E-state index in [0.29, 0.717) is 6.61 Å². The van der Waals surface area contributed by atoms with Crippen LogP contribution in [0.25, 0.3) is 0 Å². The third-order valence-corrected chi connectivity index (χ3v) is 4.31. The Hall–Kier alpha value is -1.06. The molecule has 1 aliphatic rings. The van der Waals surface area contributed by atoms with E-state index in [2.05, 4.69) is 13.8 Å². The van der Waals surface area contributed by atoms with Gasteiger partial charge in [-0.15, -0.1) is 0 Å². The van der Waals surface area contributed by atoms with Crippen molar-refractivity contribution in [1.29, 1.82) is 0 Å². The fraction of sp³-hybridized carbons (Fsp3) is 0.889. The lowest BCUT2D eigenvalue weighted by atomic mass is 9.89. The number of rotatable bonds is 10. The molecule has 0 unspecified atom stereocenters. The Morgan fingerprint density at radius 2 is 1.55 bits per heavy atom. The van der Waals surface area contributed by atoms with Gasteiger partial charge < -0.3 is 9.47 Å². The molecule has 0 spiro atoms. The molecule has 0 aliphatic heterocycles. The van der Waals surface area contributed by atoms with Crippen molar-refractivity contribution in [3.63, 3.8) is 0 Å². The maximum absolute atomic E-state index is 11.7. The molecule has 0 bridgehead atoms. The average Bonchev–Trinajstić information content (AvgIpc) is 2.51. The zero-order valence-electron chi connectivity index (χ0n) is 14.3. The van der Waals surface area contributed by atoms with Crippen LogP contribution in [0.5, 0.6) is 0 Å². The Labute approximate surface area is 134 Å². The number of hydrogen-bond acceptors (Lipinski definition) is 4. The van der Waals surface area contributed by atoms with Gasteiger partial charge in [0.25, 0.3) is 0 Å². The zero-order valence-corrected chi connectivity index (χ0v) is 14.3. The Morgan fingerprint density at radius 3 is 2.23 bits per heavy atom. The molecule has 0 atom stereocenters. The molecule has 0 aromatic rings. The van der Waals surface area contributed by atoms with Crippen LogP contribution in [0.2, 0.25) is 0 Å². The molecule has 0 radical (unpaired) electrons. The zero-order chi connectivity index (χ0) is 16.2. The normalized spacial score (nSPS) is 21.4. The molecule has 1 rings (SSSR count). The summed E-state index contributed by atoms with van der Waals surface area (Å²) in [5.74, 6) is 0.186. The Balaban J connectivity index is 1.99. The first-order chi connectivity index (χ1) is 10.6. The smallest absolute Gasteiger partial charge is 0.306 e. The quantitative estimate of drug-likeness (QED) is 0.443. The summed E-state index contributed by atoms with van der Waals surface area (Å²) in [5, 5.41) is 0.